The van der Waals surface area contributed by atoms with Crippen LogP contribution >= 0.6 is 12.2 Å². The van der Waals surface area contributed by atoms with Crippen molar-refractivity contribution in [2.75, 3.05) is 56.1 Å². The van der Waals surface area contributed by atoms with E-state index in [4.69, 9.17) is 18.0 Å². The van der Waals surface area contributed by atoms with Crippen LogP contribution in [-0.4, -0.2) is 62.5 Å². The van der Waals surface area contributed by atoms with Crippen molar-refractivity contribution >= 4 is 34.9 Å². The number of nitrogens with one attached hydrogen (secondary N) is 1. The Hall–Kier alpha value is -1.93. The highest BCUT2D eigenvalue weighted by atomic mass is 32.1. The predicted molar refractivity (Wildman–Crippen MR) is 126 cm³/mol. The normalized spacial score (nSPS) is 25.4. The van der Waals surface area contributed by atoms with Crippen LogP contribution in [0.15, 0.2) is 17.2 Å². The van der Waals surface area contributed by atoms with Crippen LogP contribution in [0, 0.1) is 17.7 Å². The molecule has 1 aromatic rings. The van der Waals surface area contributed by atoms with Gasteiger partial charge in [0.2, 0.25) is 0 Å². The molecule has 3 fully saturated rings. The fraction of sp³-hybridized carbons (Fsp3) is 0.636. The molecule has 4 rings (SSSR count). The van der Waals surface area contributed by atoms with Crippen molar-refractivity contribution in [1.82, 2.24) is 10.3 Å². The first-order valence-corrected chi connectivity index (χ1v) is 11.5. The zero-order chi connectivity index (χ0) is 21.1. The first-order valence-electron chi connectivity index (χ1n) is 11.1. The van der Waals surface area contributed by atoms with Crippen molar-refractivity contribution in [1.29, 1.82) is 0 Å². The predicted octanol–water partition coefficient (Wildman–Crippen LogP) is 2.76. The maximum absolute atomic E-state index is 15.3. The molecule has 1 aromatic carbocycles. The number of halogens is 1. The molecule has 8 heteroatoms. The van der Waals surface area contributed by atoms with E-state index in [0.29, 0.717) is 5.92 Å². The molecule has 6 nitrogen and oxygen atoms in total. The van der Waals surface area contributed by atoms with Gasteiger partial charge in [-0.2, -0.15) is 5.10 Å². The standard InChI is InChI=1S/C22H33FN6S/c1-27-8-10-28(11-9-27)20-13-21(19(23)12-18(20)14-25-26-22(24)30)29-7-6-16-4-2-3-5-17(16)15-29/h12-14,16-17H,2-11,15H2,1H3,(H3,24,26,30)/b25-14+/t16-,17+/m0/s1. The summed E-state index contributed by atoms with van der Waals surface area (Å²) in [5.74, 6) is 1.35. The quantitative estimate of drug-likeness (QED) is 0.433. The zero-order valence-electron chi connectivity index (χ0n) is 17.8. The van der Waals surface area contributed by atoms with Gasteiger partial charge in [0.15, 0.2) is 5.11 Å². The van der Waals surface area contributed by atoms with Crippen LogP contribution < -0.4 is 21.0 Å². The Morgan fingerprint density at radius 2 is 1.80 bits per heavy atom. The van der Waals surface area contributed by atoms with Crippen LogP contribution in [-0.2, 0) is 0 Å². The largest absolute Gasteiger partial charge is 0.375 e. The Morgan fingerprint density at radius 3 is 2.53 bits per heavy atom. The number of anilines is 2. The van der Waals surface area contributed by atoms with Crippen molar-refractivity contribution in [3.63, 3.8) is 0 Å². The van der Waals surface area contributed by atoms with E-state index in [2.05, 4.69) is 32.3 Å². The molecule has 30 heavy (non-hydrogen) atoms. The van der Waals surface area contributed by atoms with Gasteiger partial charge in [0.1, 0.15) is 5.82 Å². The lowest BCUT2D eigenvalue weighted by atomic mass is 9.75. The molecule has 0 amide bonds. The summed E-state index contributed by atoms with van der Waals surface area (Å²) in [7, 11) is 2.14. The van der Waals surface area contributed by atoms with Crippen LogP contribution in [0.25, 0.3) is 0 Å². The molecule has 3 aliphatic rings. The third kappa shape index (κ3) is 4.86. The summed E-state index contributed by atoms with van der Waals surface area (Å²) >= 11 is 4.82. The summed E-state index contributed by atoms with van der Waals surface area (Å²) in [6.45, 7) is 5.71. The van der Waals surface area contributed by atoms with Gasteiger partial charge in [0.25, 0.3) is 0 Å². The Morgan fingerprint density at radius 1 is 1.07 bits per heavy atom. The highest BCUT2D eigenvalue weighted by Gasteiger charge is 2.32. The van der Waals surface area contributed by atoms with Gasteiger partial charge in [-0.15, -0.1) is 0 Å². The first-order chi connectivity index (χ1) is 14.5. The van der Waals surface area contributed by atoms with Gasteiger partial charge in [-0.25, -0.2) is 4.39 Å². The summed E-state index contributed by atoms with van der Waals surface area (Å²) < 4.78 is 15.3. The van der Waals surface area contributed by atoms with Crippen molar-refractivity contribution in [3.8, 4) is 0 Å². The van der Waals surface area contributed by atoms with Gasteiger partial charge in [0, 0.05) is 50.5 Å². The minimum absolute atomic E-state index is 0.0971. The van der Waals surface area contributed by atoms with Gasteiger partial charge in [-0.05, 0) is 56.1 Å². The fourth-order valence-electron chi connectivity index (χ4n) is 5.22. The van der Waals surface area contributed by atoms with Crippen molar-refractivity contribution in [3.05, 3.63) is 23.5 Å². The highest BCUT2D eigenvalue weighted by molar-refractivity contribution is 7.80. The van der Waals surface area contributed by atoms with E-state index in [0.717, 1.165) is 62.1 Å². The van der Waals surface area contributed by atoms with E-state index in [-0.39, 0.29) is 10.9 Å². The maximum atomic E-state index is 15.3. The minimum Gasteiger partial charge on any atom is -0.375 e. The summed E-state index contributed by atoms with van der Waals surface area (Å²) in [5, 5.41) is 4.19. The number of nitrogens with zero attached hydrogens (tertiary/aromatic N) is 4. The van der Waals surface area contributed by atoms with E-state index < -0.39 is 0 Å². The topological polar surface area (TPSA) is 60.1 Å². The molecular weight excluding hydrogens is 399 g/mol. The first kappa shape index (κ1) is 21.3. The second-order valence-electron chi connectivity index (χ2n) is 8.93. The molecule has 0 bridgehead atoms. The fourth-order valence-corrected chi connectivity index (χ4v) is 5.27. The van der Waals surface area contributed by atoms with Crippen LogP contribution in [0.5, 0.6) is 0 Å². The van der Waals surface area contributed by atoms with Crippen LogP contribution in [0.3, 0.4) is 0 Å². The number of thiocarbonyl (C=S) groups is 1. The monoisotopic (exact) mass is 432 g/mol. The number of piperazine rings is 1. The molecule has 0 aromatic heterocycles. The average Bonchev–Trinajstić information content (AvgIpc) is 2.74. The number of rotatable bonds is 4. The molecule has 2 heterocycles. The molecule has 1 saturated carbocycles. The summed E-state index contributed by atoms with van der Waals surface area (Å²) in [5.41, 5.74) is 10.5. The van der Waals surface area contributed by atoms with E-state index >= 15 is 4.39 Å². The number of piperidine rings is 1. The molecule has 2 aliphatic heterocycles. The number of benzene rings is 1. The van der Waals surface area contributed by atoms with Gasteiger partial charge >= 0.3 is 0 Å². The Balaban J connectivity index is 1.61. The van der Waals surface area contributed by atoms with Crippen LogP contribution in [0.2, 0.25) is 0 Å². The average molecular weight is 433 g/mol. The number of hydrogen-bond acceptors (Lipinski definition) is 5. The zero-order valence-corrected chi connectivity index (χ0v) is 18.6. The van der Waals surface area contributed by atoms with E-state index in [1.54, 1.807) is 12.3 Å². The summed E-state index contributed by atoms with van der Waals surface area (Å²) in [6.07, 6.45) is 8.09. The van der Waals surface area contributed by atoms with Crippen LogP contribution in [0.1, 0.15) is 37.7 Å². The second kappa shape index (κ2) is 9.47. The number of nitrogens with two attached hydrogens (primary N) is 1. The van der Waals surface area contributed by atoms with Gasteiger partial charge < -0.3 is 20.4 Å². The van der Waals surface area contributed by atoms with Crippen LogP contribution in [0.4, 0.5) is 15.8 Å². The van der Waals surface area contributed by atoms with Gasteiger partial charge in [-0.1, -0.05) is 19.3 Å². The number of likely N-dealkylation sites (N-methyl/N-ethyl adjacent to an activating group) is 1. The molecule has 164 valence electrons. The molecule has 0 radical (unpaired) electrons. The SMILES string of the molecule is CN1CCN(c2cc(N3CC[C@@H]4CCCC[C@@H]4C3)c(F)cc2/C=N/NC(N)=S)CC1. The third-order valence-electron chi connectivity index (χ3n) is 6.95. The molecule has 0 unspecified atom stereocenters. The third-order valence-corrected chi connectivity index (χ3v) is 7.04. The summed E-state index contributed by atoms with van der Waals surface area (Å²) in [4.78, 5) is 6.92. The molecule has 1 aliphatic carbocycles. The van der Waals surface area contributed by atoms with Gasteiger partial charge in [-0.3, -0.25) is 5.43 Å². The highest BCUT2D eigenvalue weighted by Crippen LogP contribution is 2.39. The van der Waals surface area contributed by atoms with Crippen molar-refractivity contribution in [2.45, 2.75) is 32.1 Å². The molecule has 2 saturated heterocycles. The lowest BCUT2D eigenvalue weighted by molar-refractivity contribution is 0.202. The smallest absolute Gasteiger partial charge is 0.184 e. The molecule has 2 atom stereocenters. The molecule has 3 N–H and O–H groups in total. The van der Waals surface area contributed by atoms with E-state index in [9.17, 15) is 0 Å². The Kier molecular flexibility index (Phi) is 6.73. The number of fused-ring (bicyclic) bond motifs is 1. The Bertz CT molecular complexity index is 792. The lowest BCUT2D eigenvalue weighted by Gasteiger charge is -2.43. The van der Waals surface area contributed by atoms with Crippen molar-refractivity contribution in [2.24, 2.45) is 22.7 Å². The Labute approximate surface area is 184 Å². The number of hydrazone groups is 1. The van der Waals surface area contributed by atoms with Crippen molar-refractivity contribution < 1.29 is 4.39 Å². The van der Waals surface area contributed by atoms with E-state index in [1.807, 2.05) is 6.07 Å². The lowest BCUT2D eigenvalue weighted by Crippen LogP contribution is -2.45. The second-order valence-corrected chi connectivity index (χ2v) is 9.37. The minimum atomic E-state index is -0.182. The van der Waals surface area contributed by atoms with Gasteiger partial charge in [0.05, 0.1) is 11.9 Å². The van der Waals surface area contributed by atoms with E-state index in [1.165, 1.54) is 32.1 Å². The molecule has 0 spiro atoms. The molecular formula is C22H33FN6S. The maximum Gasteiger partial charge on any atom is 0.184 e. The number of hydrogen-bond donors (Lipinski definition) is 2. The summed E-state index contributed by atoms with van der Waals surface area (Å²) in [6, 6.07) is 3.65.